The average molecular weight is 739 g/mol. The van der Waals surface area contributed by atoms with Crippen molar-refractivity contribution in [2.24, 2.45) is 0 Å². The van der Waals surface area contributed by atoms with Gasteiger partial charge >= 0.3 is 0 Å². The molecule has 0 aliphatic carbocycles. The van der Waals surface area contributed by atoms with Gasteiger partial charge in [0.15, 0.2) is 0 Å². The van der Waals surface area contributed by atoms with Crippen LogP contribution in [0.2, 0.25) is 0 Å². The van der Waals surface area contributed by atoms with Crippen molar-refractivity contribution in [3.63, 3.8) is 0 Å². The van der Waals surface area contributed by atoms with Crippen molar-refractivity contribution in [1.29, 1.82) is 0 Å². The molecule has 0 rings (SSSR count). The van der Waals surface area contributed by atoms with Gasteiger partial charge in [0.05, 0.1) is 110 Å². The molecule has 0 radical (unpaired) electrons. The van der Waals surface area contributed by atoms with E-state index in [1.165, 1.54) is 0 Å². The first kappa shape index (κ1) is 64.5. The fourth-order valence-corrected chi connectivity index (χ4v) is 2.50. The highest BCUT2D eigenvalue weighted by molar-refractivity contribution is 4.39. The minimum atomic E-state index is 0. The third-order valence-corrected chi connectivity index (χ3v) is 4.74. The number of hydrogen-bond acceptors (Lipinski definition) is 12. The molecule has 0 amide bonds. The minimum Gasteiger partial charge on any atom is -0.396 e. The fraction of sp³-hybridized carbons (Fsp3) is 1.00. The molecule has 0 bridgehead atoms. The van der Waals surface area contributed by atoms with Crippen molar-refractivity contribution in [2.45, 2.75) is 134 Å². The molecule has 0 saturated carbocycles. The molecule has 0 aromatic heterocycles. The van der Waals surface area contributed by atoms with Crippen LogP contribution in [0.3, 0.4) is 0 Å². The summed E-state index contributed by atoms with van der Waals surface area (Å²) in [6.07, 6.45) is 3.46. The van der Waals surface area contributed by atoms with Crippen LogP contribution < -0.4 is 0 Å². The van der Waals surface area contributed by atoms with Gasteiger partial charge < -0.3 is 57.2 Å². The van der Waals surface area contributed by atoms with Crippen LogP contribution in [-0.2, 0) is 52.1 Å². The molecule has 12 heteroatoms. The van der Waals surface area contributed by atoms with Crippen LogP contribution in [0.1, 0.15) is 104 Å². The molecule has 0 unspecified atom stereocenters. The van der Waals surface area contributed by atoms with Crippen molar-refractivity contribution < 1.29 is 57.2 Å². The molecule has 50 heavy (non-hydrogen) atoms. The van der Waals surface area contributed by atoms with E-state index in [1.54, 1.807) is 21.3 Å². The third kappa shape index (κ3) is 97.2. The second-order valence-corrected chi connectivity index (χ2v) is 11.5. The van der Waals surface area contributed by atoms with Crippen molar-refractivity contribution in [2.75, 3.05) is 120 Å². The third-order valence-electron chi connectivity index (χ3n) is 4.74. The smallest absolute Gasteiger partial charge is 0.0703 e. The quantitative estimate of drug-likeness (QED) is 0.0824. The maximum atomic E-state index is 8.30. The molecule has 0 aromatic carbocycles. The summed E-state index contributed by atoms with van der Waals surface area (Å²) in [7, 11) is 4.99. The van der Waals surface area contributed by atoms with E-state index in [-0.39, 0.29) is 27.6 Å². The SMILES string of the molecule is C.C.CC(C)OCCCO.CCCOC(C)C.COCCOC(C)C.COCCOCCOC(C)C.COCCOCCOCCOC(C)C. The Bertz CT molecular complexity index is 482. The summed E-state index contributed by atoms with van der Waals surface area (Å²) in [5, 5.41) is 8.30. The lowest BCUT2D eigenvalue weighted by Gasteiger charge is -2.08. The van der Waals surface area contributed by atoms with Gasteiger partial charge in [-0.3, -0.25) is 0 Å². The van der Waals surface area contributed by atoms with Gasteiger partial charge in [-0.15, -0.1) is 0 Å². The van der Waals surface area contributed by atoms with Crippen molar-refractivity contribution in [3.05, 3.63) is 0 Å². The van der Waals surface area contributed by atoms with Gasteiger partial charge in [0.25, 0.3) is 0 Å². The molecule has 0 saturated heterocycles. The Morgan fingerprint density at radius 2 is 0.600 bits per heavy atom. The van der Waals surface area contributed by atoms with Gasteiger partial charge in [0.1, 0.15) is 0 Å². The molecule has 0 fully saturated rings. The first-order valence-corrected chi connectivity index (χ1v) is 17.7. The van der Waals surface area contributed by atoms with Crippen molar-refractivity contribution in [3.8, 4) is 0 Å². The topological polar surface area (TPSA) is 122 Å². The largest absolute Gasteiger partial charge is 0.396 e. The zero-order valence-electron chi connectivity index (χ0n) is 33.8. The average Bonchev–Trinajstić information content (AvgIpc) is 3.02. The van der Waals surface area contributed by atoms with E-state index in [0.29, 0.717) is 110 Å². The van der Waals surface area contributed by atoms with Crippen LogP contribution in [0.25, 0.3) is 0 Å². The summed E-state index contributed by atoms with van der Waals surface area (Å²) in [6.45, 7) is 31.8. The highest BCUT2D eigenvalue weighted by Gasteiger charge is 1.94. The van der Waals surface area contributed by atoms with Gasteiger partial charge in [-0.2, -0.15) is 0 Å². The summed E-state index contributed by atoms with van der Waals surface area (Å²) >= 11 is 0. The predicted octanol–water partition coefficient (Wildman–Crippen LogP) is 7.11. The molecule has 1 N–H and O–H groups in total. The molecular weight excluding hydrogens is 648 g/mol. The zero-order chi connectivity index (χ0) is 37.7. The summed E-state index contributed by atoms with van der Waals surface area (Å²) in [5.74, 6) is 0. The zero-order valence-corrected chi connectivity index (χ0v) is 33.8. The van der Waals surface area contributed by atoms with Crippen LogP contribution in [0.5, 0.6) is 0 Å². The lowest BCUT2D eigenvalue weighted by atomic mass is 10.4. The number of aliphatic hydroxyl groups is 1. The predicted molar refractivity (Wildman–Crippen MR) is 209 cm³/mol. The first-order chi connectivity index (χ1) is 22.9. The molecular formula is C38H90O12. The molecule has 314 valence electrons. The maximum absolute atomic E-state index is 8.30. The number of rotatable bonds is 28. The number of methoxy groups -OCH3 is 3. The summed E-state index contributed by atoms with van der Waals surface area (Å²) in [6, 6.07) is 0. The summed E-state index contributed by atoms with van der Waals surface area (Å²) in [5.41, 5.74) is 0. The normalized spacial score (nSPS) is 10.3. The molecule has 0 aliphatic rings. The molecule has 12 nitrogen and oxygen atoms in total. The second kappa shape index (κ2) is 60.6. The lowest BCUT2D eigenvalue weighted by molar-refractivity contribution is -0.00820. The monoisotopic (exact) mass is 739 g/mol. The van der Waals surface area contributed by atoms with E-state index in [0.717, 1.165) is 19.4 Å². The van der Waals surface area contributed by atoms with Crippen molar-refractivity contribution in [1.82, 2.24) is 0 Å². The van der Waals surface area contributed by atoms with E-state index in [9.17, 15) is 0 Å². The Balaban J connectivity index is -0.0000000938. The Kier molecular flexibility index (Phi) is 78.2. The molecule has 0 aliphatic heterocycles. The van der Waals surface area contributed by atoms with Crippen LogP contribution in [0, 0.1) is 0 Å². The Hall–Kier alpha value is -0.480. The number of ether oxygens (including phenoxy) is 11. The Morgan fingerprint density at radius 1 is 0.360 bits per heavy atom. The van der Waals surface area contributed by atoms with E-state index in [1.807, 2.05) is 55.4 Å². The second-order valence-electron chi connectivity index (χ2n) is 11.5. The Labute approximate surface area is 311 Å². The molecule has 0 spiro atoms. The van der Waals surface area contributed by atoms with Crippen LogP contribution in [-0.4, -0.2) is 156 Å². The lowest BCUT2D eigenvalue weighted by Crippen LogP contribution is -2.13. The first-order valence-electron chi connectivity index (χ1n) is 17.7. The van der Waals surface area contributed by atoms with Crippen LogP contribution >= 0.6 is 0 Å². The van der Waals surface area contributed by atoms with Gasteiger partial charge in [-0.25, -0.2) is 0 Å². The molecule has 0 atom stereocenters. The van der Waals surface area contributed by atoms with Gasteiger partial charge in [0, 0.05) is 41.2 Å². The maximum Gasteiger partial charge on any atom is 0.0703 e. The summed E-state index contributed by atoms with van der Waals surface area (Å²) in [4.78, 5) is 0. The number of hydrogen-bond donors (Lipinski definition) is 1. The molecule has 0 heterocycles. The van der Waals surface area contributed by atoms with Crippen molar-refractivity contribution >= 4 is 0 Å². The highest BCUT2D eigenvalue weighted by Crippen LogP contribution is 1.90. The van der Waals surface area contributed by atoms with E-state index < -0.39 is 0 Å². The van der Waals surface area contributed by atoms with E-state index in [4.69, 9.17) is 57.2 Å². The standard InChI is InChI=1S/C10H22O4.C8H18O3.2C6H14O2.C6H14O.2CH4/c1-10(2)14-9-8-13-7-6-12-5-4-11-3;1-8(2)11-7-6-10-5-4-9-3;1-6(2)8-5-4-7-3;1-6(2)8-5-3-4-7;1-4-5-7-6(2)3;;/h10H,4-9H2,1-3H3;8H,4-7H2,1-3H3;6H,4-5H2,1-3H3;6-7H,3-5H2,1-2H3;6H,4-5H2,1-3H3;2*1H4. The van der Waals surface area contributed by atoms with E-state index >= 15 is 0 Å². The Morgan fingerprint density at radius 3 is 0.860 bits per heavy atom. The van der Waals surface area contributed by atoms with Gasteiger partial charge in [-0.05, 0) is 82.1 Å². The summed E-state index contributed by atoms with van der Waals surface area (Å²) < 4.78 is 56.1. The highest BCUT2D eigenvalue weighted by atomic mass is 16.6. The number of aliphatic hydroxyl groups excluding tert-OH is 1. The molecule has 0 aromatic rings. The van der Waals surface area contributed by atoms with E-state index in [2.05, 4.69) is 20.8 Å². The minimum absolute atomic E-state index is 0. The van der Waals surface area contributed by atoms with Gasteiger partial charge in [0.2, 0.25) is 0 Å². The van der Waals surface area contributed by atoms with Crippen LogP contribution in [0.4, 0.5) is 0 Å². The van der Waals surface area contributed by atoms with Gasteiger partial charge in [-0.1, -0.05) is 21.8 Å². The fourth-order valence-electron chi connectivity index (χ4n) is 2.50. The van der Waals surface area contributed by atoms with Crippen LogP contribution in [0.15, 0.2) is 0 Å².